The zero-order chi connectivity index (χ0) is 16.8. The van der Waals surface area contributed by atoms with Crippen molar-refractivity contribution in [2.75, 3.05) is 0 Å². The fourth-order valence-electron chi connectivity index (χ4n) is 2.27. The van der Waals surface area contributed by atoms with Gasteiger partial charge in [0.2, 0.25) is 0 Å². The Balaban J connectivity index is 1.74. The predicted octanol–water partition coefficient (Wildman–Crippen LogP) is 4.55. The average Bonchev–Trinajstić information content (AvgIpc) is 2.62. The number of benzene rings is 3. The third kappa shape index (κ3) is 3.79. The van der Waals surface area contributed by atoms with Gasteiger partial charge < -0.3 is 10.1 Å². The van der Waals surface area contributed by atoms with E-state index >= 15 is 0 Å². The van der Waals surface area contributed by atoms with Crippen LogP contribution in [0.4, 0.5) is 4.39 Å². The second-order valence-electron chi connectivity index (χ2n) is 5.19. The van der Waals surface area contributed by atoms with Gasteiger partial charge in [0.15, 0.2) is 0 Å². The summed E-state index contributed by atoms with van der Waals surface area (Å²) in [6.45, 7) is 0.116. The van der Waals surface area contributed by atoms with E-state index in [1.807, 2.05) is 30.3 Å². The lowest BCUT2D eigenvalue weighted by atomic mass is 10.1. The summed E-state index contributed by atoms with van der Waals surface area (Å²) in [7, 11) is 0. The van der Waals surface area contributed by atoms with Crippen molar-refractivity contribution in [1.29, 1.82) is 0 Å². The van der Waals surface area contributed by atoms with Gasteiger partial charge in [-0.1, -0.05) is 48.5 Å². The van der Waals surface area contributed by atoms with Crippen LogP contribution < -0.4 is 10.1 Å². The van der Waals surface area contributed by atoms with Crippen LogP contribution in [0.15, 0.2) is 78.9 Å². The van der Waals surface area contributed by atoms with Crippen LogP contribution in [0.3, 0.4) is 0 Å². The van der Waals surface area contributed by atoms with E-state index in [0.717, 1.165) is 0 Å². The number of para-hydroxylation sites is 2. The summed E-state index contributed by atoms with van der Waals surface area (Å²) in [6, 6.07) is 22.5. The Morgan fingerprint density at radius 3 is 2.33 bits per heavy atom. The quantitative estimate of drug-likeness (QED) is 0.749. The van der Waals surface area contributed by atoms with Crippen molar-refractivity contribution in [3.05, 3.63) is 95.8 Å². The minimum Gasteiger partial charge on any atom is -0.457 e. The molecule has 4 heteroatoms. The Morgan fingerprint density at radius 1 is 0.875 bits per heavy atom. The topological polar surface area (TPSA) is 38.3 Å². The molecule has 1 N–H and O–H groups in total. The summed E-state index contributed by atoms with van der Waals surface area (Å²) >= 11 is 0. The van der Waals surface area contributed by atoms with Crippen molar-refractivity contribution < 1.29 is 13.9 Å². The van der Waals surface area contributed by atoms with E-state index in [2.05, 4.69) is 5.32 Å². The minimum absolute atomic E-state index is 0.116. The monoisotopic (exact) mass is 321 g/mol. The number of nitrogens with one attached hydrogen (secondary N) is 1. The van der Waals surface area contributed by atoms with Crippen LogP contribution in [-0.2, 0) is 6.54 Å². The first kappa shape index (κ1) is 15.7. The molecule has 0 heterocycles. The summed E-state index contributed by atoms with van der Waals surface area (Å²) in [5, 5.41) is 2.72. The molecule has 0 saturated heterocycles. The maximum absolute atomic E-state index is 13.6. The van der Waals surface area contributed by atoms with E-state index in [1.165, 1.54) is 6.07 Å². The molecular formula is C20H16FNO2. The summed E-state index contributed by atoms with van der Waals surface area (Å²) in [4.78, 5) is 12.4. The molecule has 0 aliphatic carbocycles. The van der Waals surface area contributed by atoms with Gasteiger partial charge in [0.1, 0.15) is 17.3 Å². The van der Waals surface area contributed by atoms with Gasteiger partial charge >= 0.3 is 0 Å². The molecule has 0 bridgehead atoms. The third-order valence-corrected chi connectivity index (χ3v) is 3.50. The van der Waals surface area contributed by atoms with E-state index < -0.39 is 0 Å². The molecule has 0 aliphatic heterocycles. The molecule has 0 spiro atoms. The Hall–Kier alpha value is -3.14. The molecule has 3 aromatic carbocycles. The van der Waals surface area contributed by atoms with Crippen molar-refractivity contribution in [2.45, 2.75) is 6.54 Å². The van der Waals surface area contributed by atoms with E-state index in [4.69, 9.17) is 4.74 Å². The average molecular weight is 321 g/mol. The molecule has 1 amide bonds. The molecule has 0 radical (unpaired) electrons. The van der Waals surface area contributed by atoms with Gasteiger partial charge in [-0.15, -0.1) is 0 Å². The number of halogens is 1. The molecular weight excluding hydrogens is 305 g/mol. The van der Waals surface area contributed by atoms with Gasteiger partial charge in [-0.25, -0.2) is 4.39 Å². The fraction of sp³-hybridized carbons (Fsp3) is 0.0500. The van der Waals surface area contributed by atoms with Crippen molar-refractivity contribution in [3.63, 3.8) is 0 Å². The number of ether oxygens (including phenoxy) is 1. The first-order valence-corrected chi connectivity index (χ1v) is 7.57. The number of hydrogen-bond donors (Lipinski definition) is 1. The van der Waals surface area contributed by atoms with Crippen LogP contribution in [0, 0.1) is 5.82 Å². The number of carbonyl (C=O) groups excluding carboxylic acids is 1. The van der Waals surface area contributed by atoms with E-state index in [1.54, 1.807) is 42.5 Å². The standard InChI is InChI=1S/C20H16FNO2/c21-18-12-6-4-8-15(18)14-22-20(23)17-11-5-7-13-19(17)24-16-9-2-1-3-10-16/h1-13H,14H2,(H,22,23). The van der Waals surface area contributed by atoms with Crippen molar-refractivity contribution in [2.24, 2.45) is 0 Å². The van der Waals surface area contributed by atoms with E-state index in [0.29, 0.717) is 22.6 Å². The lowest BCUT2D eigenvalue weighted by molar-refractivity contribution is 0.0948. The maximum Gasteiger partial charge on any atom is 0.255 e. The van der Waals surface area contributed by atoms with Gasteiger partial charge in [0.05, 0.1) is 5.56 Å². The molecule has 0 aromatic heterocycles. The van der Waals surface area contributed by atoms with E-state index in [-0.39, 0.29) is 18.3 Å². The predicted molar refractivity (Wildman–Crippen MR) is 90.5 cm³/mol. The summed E-state index contributed by atoms with van der Waals surface area (Å²) in [6.07, 6.45) is 0. The van der Waals surface area contributed by atoms with Gasteiger partial charge in [-0.2, -0.15) is 0 Å². The molecule has 120 valence electrons. The highest BCUT2D eigenvalue weighted by Crippen LogP contribution is 2.25. The van der Waals surface area contributed by atoms with Gasteiger partial charge in [-0.3, -0.25) is 4.79 Å². The number of hydrogen-bond acceptors (Lipinski definition) is 2. The fourth-order valence-corrected chi connectivity index (χ4v) is 2.27. The molecule has 0 fully saturated rings. The van der Waals surface area contributed by atoms with Gasteiger partial charge in [0.25, 0.3) is 5.91 Å². The number of carbonyl (C=O) groups is 1. The highest BCUT2D eigenvalue weighted by Gasteiger charge is 2.13. The summed E-state index contributed by atoms with van der Waals surface area (Å²) in [5.41, 5.74) is 0.838. The van der Waals surface area contributed by atoms with Crippen LogP contribution in [0.25, 0.3) is 0 Å². The van der Waals surface area contributed by atoms with Gasteiger partial charge in [0, 0.05) is 12.1 Å². The van der Waals surface area contributed by atoms with Crippen molar-refractivity contribution in [3.8, 4) is 11.5 Å². The normalized spacial score (nSPS) is 10.2. The molecule has 3 nitrogen and oxygen atoms in total. The second kappa shape index (κ2) is 7.42. The van der Waals surface area contributed by atoms with Crippen LogP contribution >= 0.6 is 0 Å². The van der Waals surface area contributed by atoms with Crippen LogP contribution in [0.2, 0.25) is 0 Å². The van der Waals surface area contributed by atoms with E-state index in [9.17, 15) is 9.18 Å². The van der Waals surface area contributed by atoms with Crippen molar-refractivity contribution >= 4 is 5.91 Å². The first-order valence-electron chi connectivity index (χ1n) is 7.57. The molecule has 0 atom stereocenters. The zero-order valence-corrected chi connectivity index (χ0v) is 12.9. The second-order valence-corrected chi connectivity index (χ2v) is 5.19. The lowest BCUT2D eigenvalue weighted by Gasteiger charge is -2.11. The summed E-state index contributed by atoms with van der Waals surface area (Å²) in [5.74, 6) is 0.443. The Labute approximate surface area is 139 Å². The largest absolute Gasteiger partial charge is 0.457 e. The van der Waals surface area contributed by atoms with Crippen LogP contribution in [0.5, 0.6) is 11.5 Å². The highest BCUT2D eigenvalue weighted by molar-refractivity contribution is 5.96. The Morgan fingerprint density at radius 2 is 1.54 bits per heavy atom. The molecule has 0 aliphatic rings. The van der Waals surface area contributed by atoms with Crippen LogP contribution in [0.1, 0.15) is 15.9 Å². The highest BCUT2D eigenvalue weighted by atomic mass is 19.1. The number of rotatable bonds is 5. The SMILES string of the molecule is O=C(NCc1ccccc1F)c1ccccc1Oc1ccccc1. The Bertz CT molecular complexity index is 834. The third-order valence-electron chi connectivity index (χ3n) is 3.50. The van der Waals surface area contributed by atoms with Crippen molar-refractivity contribution in [1.82, 2.24) is 5.32 Å². The number of amides is 1. The first-order chi connectivity index (χ1) is 11.7. The molecule has 3 aromatic rings. The minimum atomic E-state index is -0.341. The zero-order valence-electron chi connectivity index (χ0n) is 12.9. The lowest BCUT2D eigenvalue weighted by Crippen LogP contribution is -2.23. The smallest absolute Gasteiger partial charge is 0.255 e. The Kier molecular flexibility index (Phi) is 4.87. The van der Waals surface area contributed by atoms with Gasteiger partial charge in [-0.05, 0) is 30.3 Å². The van der Waals surface area contributed by atoms with Crippen LogP contribution in [-0.4, -0.2) is 5.91 Å². The molecule has 3 rings (SSSR count). The molecule has 0 saturated carbocycles. The molecule has 0 unspecified atom stereocenters. The molecule has 24 heavy (non-hydrogen) atoms. The maximum atomic E-state index is 13.6. The summed E-state index contributed by atoms with van der Waals surface area (Å²) < 4.78 is 19.4.